The van der Waals surface area contributed by atoms with Gasteiger partial charge in [-0.25, -0.2) is 0 Å². The molecule has 0 saturated heterocycles. The van der Waals surface area contributed by atoms with Crippen molar-refractivity contribution in [3.05, 3.63) is 0 Å². The Morgan fingerprint density at radius 2 is 1.56 bits per heavy atom. The van der Waals surface area contributed by atoms with Crippen molar-refractivity contribution in [3.8, 4) is 0 Å². The Morgan fingerprint density at radius 3 is 2.03 bits per heavy atom. The standard InChI is InChI=1S/C23H38F2O8S/c1-5-21(28,6-2)19-10-14-9-15(12-19)16(20(11-14,13-19)22(29,7-3)8-4)17(26)33-18(27)23(24,25)34(30,31)32/h14-16,18,27-29H,5-13H2,1-4H3,(H,30,31,32). The predicted molar refractivity (Wildman–Crippen MR) is 118 cm³/mol. The largest absolute Gasteiger partial charge is 0.430 e. The Labute approximate surface area is 199 Å². The van der Waals surface area contributed by atoms with Gasteiger partial charge < -0.3 is 20.1 Å². The van der Waals surface area contributed by atoms with Gasteiger partial charge in [0.1, 0.15) is 0 Å². The van der Waals surface area contributed by atoms with E-state index in [0.29, 0.717) is 38.5 Å². The van der Waals surface area contributed by atoms with Crippen LogP contribution in [0.2, 0.25) is 0 Å². The summed E-state index contributed by atoms with van der Waals surface area (Å²) in [4.78, 5) is 13.3. The van der Waals surface area contributed by atoms with Crippen molar-refractivity contribution in [1.29, 1.82) is 0 Å². The Morgan fingerprint density at radius 1 is 1.03 bits per heavy atom. The number of alkyl halides is 2. The molecule has 0 aromatic heterocycles. The van der Waals surface area contributed by atoms with E-state index >= 15 is 0 Å². The van der Waals surface area contributed by atoms with Crippen molar-refractivity contribution in [2.24, 2.45) is 28.6 Å². The fraction of sp³-hybridized carbons (Fsp3) is 0.957. The molecule has 0 spiro atoms. The molecule has 0 aliphatic heterocycles. The molecule has 4 aliphatic rings. The predicted octanol–water partition coefficient (Wildman–Crippen LogP) is 3.24. The van der Waals surface area contributed by atoms with Gasteiger partial charge >= 0.3 is 21.3 Å². The number of aliphatic hydroxyl groups excluding tert-OH is 1. The maximum atomic E-state index is 13.9. The van der Waals surface area contributed by atoms with Crippen molar-refractivity contribution in [2.75, 3.05) is 0 Å². The smallest absolute Gasteiger partial charge is 0.428 e. The van der Waals surface area contributed by atoms with Gasteiger partial charge in [-0.05, 0) is 69.6 Å². The Balaban J connectivity index is 2.08. The molecule has 6 atom stereocenters. The molecular weight excluding hydrogens is 474 g/mol. The van der Waals surface area contributed by atoms with Crippen LogP contribution >= 0.6 is 0 Å². The fourth-order valence-electron chi connectivity index (χ4n) is 8.11. The molecule has 198 valence electrons. The number of carbonyl (C=O) groups is 1. The van der Waals surface area contributed by atoms with E-state index in [2.05, 4.69) is 4.74 Å². The van der Waals surface area contributed by atoms with Gasteiger partial charge in [-0.1, -0.05) is 27.7 Å². The molecule has 8 nitrogen and oxygen atoms in total. The second-order valence-electron chi connectivity index (χ2n) is 10.9. The van der Waals surface area contributed by atoms with Crippen molar-refractivity contribution >= 4 is 16.1 Å². The van der Waals surface area contributed by atoms with Crippen LogP contribution in [-0.2, 0) is 19.6 Å². The van der Waals surface area contributed by atoms with E-state index in [1.54, 1.807) is 13.8 Å². The fourth-order valence-corrected chi connectivity index (χ4v) is 8.41. The van der Waals surface area contributed by atoms with Crippen molar-refractivity contribution in [1.82, 2.24) is 0 Å². The van der Waals surface area contributed by atoms with Gasteiger partial charge in [-0.3, -0.25) is 9.35 Å². The summed E-state index contributed by atoms with van der Waals surface area (Å²) in [6.07, 6.45) is 0.667. The third kappa shape index (κ3) is 3.72. The van der Waals surface area contributed by atoms with E-state index in [-0.39, 0.29) is 18.8 Å². The summed E-state index contributed by atoms with van der Waals surface area (Å²) >= 11 is 0. The van der Waals surface area contributed by atoms with Crippen LogP contribution in [0.4, 0.5) is 8.78 Å². The van der Waals surface area contributed by atoms with Crippen molar-refractivity contribution in [2.45, 2.75) is 108 Å². The summed E-state index contributed by atoms with van der Waals surface area (Å²) in [5.41, 5.74) is -4.04. The Bertz CT molecular complexity index is 901. The third-order valence-electron chi connectivity index (χ3n) is 9.71. The van der Waals surface area contributed by atoms with Crippen LogP contribution in [0.3, 0.4) is 0 Å². The zero-order valence-electron chi connectivity index (χ0n) is 20.3. The van der Waals surface area contributed by atoms with E-state index in [0.717, 1.165) is 6.42 Å². The van der Waals surface area contributed by atoms with Gasteiger partial charge in [0.25, 0.3) is 6.29 Å². The molecule has 34 heavy (non-hydrogen) atoms. The van der Waals surface area contributed by atoms with Crippen LogP contribution in [0.5, 0.6) is 0 Å². The molecule has 4 saturated carbocycles. The second kappa shape index (κ2) is 8.61. The molecule has 0 heterocycles. The molecular formula is C23H38F2O8S. The van der Waals surface area contributed by atoms with Crippen LogP contribution in [0.1, 0.15) is 85.5 Å². The summed E-state index contributed by atoms with van der Waals surface area (Å²) in [5, 5.41) is 28.1. The first-order valence-electron chi connectivity index (χ1n) is 12.2. The Kier molecular flexibility index (Phi) is 7.01. The highest BCUT2D eigenvalue weighted by Crippen LogP contribution is 2.74. The van der Waals surface area contributed by atoms with Crippen LogP contribution in [0.25, 0.3) is 0 Å². The first-order valence-corrected chi connectivity index (χ1v) is 13.6. The molecule has 4 aliphatic carbocycles. The lowest BCUT2D eigenvalue weighted by Crippen LogP contribution is -2.71. The molecule has 0 radical (unpaired) electrons. The zero-order valence-corrected chi connectivity index (χ0v) is 21.1. The van der Waals surface area contributed by atoms with E-state index in [4.69, 9.17) is 4.55 Å². The minimum absolute atomic E-state index is 0.120. The van der Waals surface area contributed by atoms with Crippen LogP contribution in [0, 0.1) is 28.6 Å². The lowest BCUT2D eigenvalue weighted by molar-refractivity contribution is -0.287. The lowest BCUT2D eigenvalue weighted by atomic mass is 9.34. The van der Waals surface area contributed by atoms with Crippen molar-refractivity contribution in [3.63, 3.8) is 0 Å². The molecule has 0 aromatic rings. The summed E-state index contributed by atoms with van der Waals surface area (Å²) in [6, 6.07) is 0. The third-order valence-corrected chi connectivity index (χ3v) is 10.6. The normalized spacial score (nSPS) is 34.8. The molecule has 11 heteroatoms. The van der Waals surface area contributed by atoms with Crippen LogP contribution in [-0.4, -0.2) is 57.0 Å². The van der Waals surface area contributed by atoms with E-state index in [1.807, 2.05) is 13.8 Å². The maximum Gasteiger partial charge on any atom is 0.430 e. The van der Waals surface area contributed by atoms with E-state index in [9.17, 15) is 37.3 Å². The molecule has 6 unspecified atom stereocenters. The topological polar surface area (TPSA) is 141 Å². The molecule has 0 aromatic carbocycles. The van der Waals surface area contributed by atoms with Crippen LogP contribution < -0.4 is 0 Å². The number of halogens is 2. The summed E-state index contributed by atoms with van der Waals surface area (Å²) < 4.78 is 63.3. The number of esters is 1. The van der Waals surface area contributed by atoms with E-state index < -0.39 is 61.5 Å². The van der Waals surface area contributed by atoms with E-state index in [1.165, 1.54) is 0 Å². The van der Waals surface area contributed by atoms with Gasteiger partial charge in [0.05, 0.1) is 17.1 Å². The van der Waals surface area contributed by atoms with Gasteiger partial charge in [0, 0.05) is 10.8 Å². The van der Waals surface area contributed by atoms with Gasteiger partial charge in [-0.15, -0.1) is 0 Å². The average Bonchev–Trinajstić information content (AvgIpc) is 2.75. The minimum Gasteiger partial charge on any atom is -0.428 e. The van der Waals surface area contributed by atoms with Gasteiger partial charge in [0.2, 0.25) is 0 Å². The Hall–Kier alpha value is -0.880. The first kappa shape index (κ1) is 27.7. The number of hydrogen-bond acceptors (Lipinski definition) is 7. The number of rotatable bonds is 10. The highest BCUT2D eigenvalue weighted by molar-refractivity contribution is 7.86. The van der Waals surface area contributed by atoms with Gasteiger partial charge in [0.15, 0.2) is 0 Å². The maximum absolute atomic E-state index is 13.9. The summed E-state index contributed by atoms with van der Waals surface area (Å²) in [5.74, 6) is -2.55. The molecule has 4 fully saturated rings. The van der Waals surface area contributed by atoms with Gasteiger partial charge in [-0.2, -0.15) is 17.2 Å². The molecule has 4 N–H and O–H groups in total. The SMILES string of the molecule is CCC(O)(CC)C12CC3CC(C1)C(C(=O)OC(O)C(F)(F)S(=O)(=O)O)C(C(O)(CC)CC)(C3)C2. The molecule has 4 rings (SSSR count). The number of carbonyl (C=O) groups excluding carboxylic acids is 1. The monoisotopic (exact) mass is 512 g/mol. The highest BCUT2D eigenvalue weighted by Gasteiger charge is 2.73. The quantitative estimate of drug-likeness (QED) is 0.199. The average molecular weight is 513 g/mol. The lowest BCUT2D eigenvalue weighted by Gasteiger charge is -2.71. The van der Waals surface area contributed by atoms with Crippen LogP contribution in [0.15, 0.2) is 0 Å². The van der Waals surface area contributed by atoms with Crippen molar-refractivity contribution < 1.29 is 46.6 Å². The second-order valence-corrected chi connectivity index (χ2v) is 12.4. The zero-order chi connectivity index (χ0) is 26.0. The first-order chi connectivity index (χ1) is 15.5. The summed E-state index contributed by atoms with van der Waals surface area (Å²) in [7, 11) is -6.03. The molecule has 0 amide bonds. The summed E-state index contributed by atoms with van der Waals surface area (Å²) in [6.45, 7) is 7.37. The molecule has 4 bridgehead atoms. The number of ether oxygens (including phenoxy) is 1. The highest BCUT2D eigenvalue weighted by atomic mass is 32.2. The number of hydrogen-bond donors (Lipinski definition) is 4. The minimum atomic E-state index is -6.03. The number of aliphatic hydroxyl groups is 3.